The van der Waals surface area contributed by atoms with Gasteiger partial charge in [-0.15, -0.1) is 0 Å². The normalized spacial score (nSPS) is 19.9. The number of pyridine rings is 1. The molecule has 154 valence electrons. The maximum absolute atomic E-state index is 12.3. The quantitative estimate of drug-likeness (QED) is 0.658. The van der Waals surface area contributed by atoms with Crippen LogP contribution in [0.4, 0.5) is 4.79 Å². The molecule has 3 rings (SSSR count). The molecule has 0 unspecified atom stereocenters. The fourth-order valence-corrected chi connectivity index (χ4v) is 3.61. The number of carbonyl (C=O) groups excluding carboxylic acids is 1. The van der Waals surface area contributed by atoms with E-state index in [1.807, 2.05) is 58.6 Å². The Labute approximate surface area is 173 Å². The highest BCUT2D eigenvalue weighted by Gasteiger charge is 2.28. The molecule has 29 heavy (non-hydrogen) atoms. The van der Waals surface area contributed by atoms with Crippen molar-refractivity contribution in [3.8, 4) is 11.1 Å². The number of benzene rings is 1. The summed E-state index contributed by atoms with van der Waals surface area (Å²) < 4.78 is 5.49. The lowest BCUT2D eigenvalue weighted by atomic mass is 9.91. The fourth-order valence-electron chi connectivity index (χ4n) is 3.61. The van der Waals surface area contributed by atoms with Gasteiger partial charge < -0.3 is 9.64 Å². The van der Waals surface area contributed by atoms with Crippen molar-refractivity contribution in [2.24, 2.45) is 4.99 Å². The first-order valence-electron chi connectivity index (χ1n) is 10.3. The molecule has 2 aromatic rings. The van der Waals surface area contributed by atoms with Crippen molar-refractivity contribution in [3.05, 3.63) is 54.4 Å². The number of amides is 1. The number of ether oxygens (including phenoxy) is 1. The van der Waals surface area contributed by atoms with Crippen molar-refractivity contribution in [2.75, 3.05) is 7.05 Å². The number of aromatic nitrogens is 1. The van der Waals surface area contributed by atoms with Gasteiger partial charge in [0.2, 0.25) is 0 Å². The van der Waals surface area contributed by atoms with Crippen LogP contribution in [0.3, 0.4) is 0 Å². The Morgan fingerprint density at radius 3 is 2.45 bits per heavy atom. The highest BCUT2D eigenvalue weighted by molar-refractivity contribution is 5.82. The molecule has 0 spiro atoms. The first kappa shape index (κ1) is 21.0. The second kappa shape index (κ2) is 9.21. The van der Waals surface area contributed by atoms with Crippen LogP contribution in [0.25, 0.3) is 11.1 Å². The van der Waals surface area contributed by atoms with E-state index >= 15 is 0 Å². The maximum Gasteiger partial charge on any atom is 0.410 e. The van der Waals surface area contributed by atoms with E-state index in [1.54, 1.807) is 4.90 Å². The van der Waals surface area contributed by atoms with Gasteiger partial charge in [0.1, 0.15) is 5.60 Å². The monoisotopic (exact) mass is 393 g/mol. The Bertz CT molecular complexity index is 835. The highest BCUT2D eigenvalue weighted by Crippen LogP contribution is 2.26. The Kier molecular flexibility index (Phi) is 6.68. The summed E-state index contributed by atoms with van der Waals surface area (Å²) in [6.45, 7) is 5.69. The smallest absolute Gasteiger partial charge is 0.410 e. The average molecular weight is 394 g/mol. The van der Waals surface area contributed by atoms with E-state index in [0.29, 0.717) is 6.04 Å². The first-order valence-corrected chi connectivity index (χ1v) is 10.3. The maximum atomic E-state index is 12.3. The summed E-state index contributed by atoms with van der Waals surface area (Å²) >= 11 is 0. The predicted octanol–water partition coefficient (Wildman–Crippen LogP) is 5.35. The third-order valence-corrected chi connectivity index (χ3v) is 5.23. The molecule has 0 N–H and O–H groups in total. The summed E-state index contributed by atoms with van der Waals surface area (Å²) in [5, 5.41) is 0. The molecule has 0 aliphatic heterocycles. The van der Waals surface area contributed by atoms with Gasteiger partial charge in [0, 0.05) is 31.7 Å². The van der Waals surface area contributed by atoms with Crippen LogP contribution in [-0.2, 0) is 4.74 Å². The van der Waals surface area contributed by atoms with Gasteiger partial charge in [0.15, 0.2) is 0 Å². The van der Waals surface area contributed by atoms with Crippen LogP contribution >= 0.6 is 0 Å². The van der Waals surface area contributed by atoms with Crippen molar-refractivity contribution in [3.63, 3.8) is 0 Å². The van der Waals surface area contributed by atoms with Crippen molar-refractivity contribution >= 4 is 12.3 Å². The van der Waals surface area contributed by atoms with Crippen molar-refractivity contribution < 1.29 is 9.53 Å². The lowest BCUT2D eigenvalue weighted by Crippen LogP contribution is -2.42. The Morgan fingerprint density at radius 2 is 1.79 bits per heavy atom. The second-order valence-corrected chi connectivity index (χ2v) is 8.69. The van der Waals surface area contributed by atoms with Crippen molar-refractivity contribution in [2.45, 2.75) is 64.1 Å². The van der Waals surface area contributed by atoms with Gasteiger partial charge >= 0.3 is 6.09 Å². The van der Waals surface area contributed by atoms with E-state index in [9.17, 15) is 4.79 Å². The number of hydrogen-bond acceptors (Lipinski definition) is 4. The number of carbonyl (C=O) groups is 1. The molecule has 1 fully saturated rings. The summed E-state index contributed by atoms with van der Waals surface area (Å²) in [5.41, 5.74) is 2.96. The van der Waals surface area contributed by atoms with Crippen LogP contribution in [-0.4, -0.2) is 46.9 Å². The Balaban J connectivity index is 1.54. The largest absolute Gasteiger partial charge is 0.444 e. The lowest BCUT2D eigenvalue weighted by molar-refractivity contribution is 0.0184. The first-order chi connectivity index (χ1) is 13.8. The standard InChI is InChI=1S/C24H31N3O2/c1-24(2,3)29-23(28)27(4)22-10-8-21(9-11-22)26-17-18-6-5-7-20(16-18)19-12-14-25-15-13-19/h5-7,12-17,21-22H,8-11H2,1-4H3/b26-17-/t21-,22-. The Hall–Kier alpha value is -2.69. The zero-order valence-electron chi connectivity index (χ0n) is 17.8. The van der Waals surface area contributed by atoms with E-state index in [1.165, 1.54) is 5.56 Å². The van der Waals surface area contributed by atoms with E-state index in [4.69, 9.17) is 9.73 Å². The average Bonchev–Trinajstić information content (AvgIpc) is 2.72. The van der Waals surface area contributed by atoms with Crippen LogP contribution in [0.1, 0.15) is 52.0 Å². The lowest BCUT2D eigenvalue weighted by Gasteiger charge is -2.34. The molecule has 1 aromatic heterocycles. The minimum absolute atomic E-state index is 0.228. The molecule has 5 nitrogen and oxygen atoms in total. The summed E-state index contributed by atoms with van der Waals surface area (Å²) in [4.78, 5) is 22.9. The number of hydrogen-bond donors (Lipinski definition) is 0. The van der Waals surface area contributed by atoms with Gasteiger partial charge in [0.25, 0.3) is 0 Å². The minimum atomic E-state index is -0.461. The van der Waals surface area contributed by atoms with Crippen molar-refractivity contribution in [1.82, 2.24) is 9.88 Å². The van der Waals surface area contributed by atoms with E-state index in [2.05, 4.69) is 29.2 Å². The van der Waals surface area contributed by atoms with Gasteiger partial charge in [-0.05, 0) is 81.3 Å². The molecule has 1 aliphatic rings. The minimum Gasteiger partial charge on any atom is -0.444 e. The van der Waals surface area contributed by atoms with Gasteiger partial charge in [-0.2, -0.15) is 0 Å². The second-order valence-electron chi connectivity index (χ2n) is 8.69. The van der Waals surface area contributed by atoms with Gasteiger partial charge in [-0.3, -0.25) is 9.98 Å². The van der Waals surface area contributed by atoms with Crippen LogP contribution < -0.4 is 0 Å². The third-order valence-electron chi connectivity index (χ3n) is 5.23. The molecule has 1 amide bonds. The summed E-state index contributed by atoms with van der Waals surface area (Å²) in [6, 6.07) is 13.0. The van der Waals surface area contributed by atoms with E-state index in [-0.39, 0.29) is 12.1 Å². The topological polar surface area (TPSA) is 54.8 Å². The molecular formula is C24H31N3O2. The third kappa shape index (κ3) is 6.14. The number of nitrogens with zero attached hydrogens (tertiary/aromatic N) is 3. The summed E-state index contributed by atoms with van der Waals surface area (Å²) in [6.07, 6.45) is 9.23. The van der Waals surface area contributed by atoms with E-state index < -0.39 is 5.60 Å². The predicted molar refractivity (Wildman–Crippen MR) is 117 cm³/mol. The molecule has 1 saturated carbocycles. The van der Waals surface area contributed by atoms with Gasteiger partial charge in [-0.25, -0.2) is 4.79 Å². The molecule has 0 bridgehead atoms. The van der Waals surface area contributed by atoms with Crippen LogP contribution in [0.5, 0.6) is 0 Å². The van der Waals surface area contributed by atoms with Gasteiger partial charge in [0.05, 0.1) is 6.04 Å². The number of rotatable bonds is 4. The van der Waals surface area contributed by atoms with Crippen LogP contribution in [0.2, 0.25) is 0 Å². The summed E-state index contributed by atoms with van der Waals surface area (Å²) in [7, 11) is 1.84. The molecule has 1 heterocycles. The van der Waals surface area contributed by atoms with Crippen molar-refractivity contribution in [1.29, 1.82) is 0 Å². The fraction of sp³-hybridized carbons (Fsp3) is 0.458. The zero-order chi connectivity index (χ0) is 20.9. The number of aliphatic imine (C=N–C) groups is 1. The molecule has 5 heteroatoms. The molecule has 1 aromatic carbocycles. The SMILES string of the molecule is CN(C(=O)OC(C)(C)C)[C@H]1CC[C@H](/N=C\c2cccc(-c3ccncc3)c2)CC1. The molecule has 1 aliphatic carbocycles. The Morgan fingerprint density at radius 1 is 1.10 bits per heavy atom. The zero-order valence-corrected chi connectivity index (χ0v) is 17.8. The molecule has 0 saturated heterocycles. The highest BCUT2D eigenvalue weighted by atomic mass is 16.6. The van der Waals surface area contributed by atoms with Gasteiger partial charge in [-0.1, -0.05) is 18.2 Å². The van der Waals surface area contributed by atoms with Crippen LogP contribution in [0, 0.1) is 0 Å². The van der Waals surface area contributed by atoms with Crippen LogP contribution in [0.15, 0.2) is 53.8 Å². The molecular weight excluding hydrogens is 362 g/mol. The van der Waals surface area contributed by atoms with E-state index in [0.717, 1.165) is 36.8 Å². The molecule has 0 atom stereocenters. The summed E-state index contributed by atoms with van der Waals surface area (Å²) in [5.74, 6) is 0. The molecule has 0 radical (unpaired) electrons.